The molecular formula is C10H18N2O3. The van der Waals surface area contributed by atoms with Gasteiger partial charge in [-0.15, -0.1) is 0 Å². The lowest BCUT2D eigenvalue weighted by Gasteiger charge is -2.15. The molecule has 1 atom stereocenters. The van der Waals surface area contributed by atoms with E-state index in [0.29, 0.717) is 25.8 Å². The normalized spacial score (nSPS) is 18.6. The second kappa shape index (κ2) is 5.70. The van der Waals surface area contributed by atoms with Gasteiger partial charge in [0.1, 0.15) is 0 Å². The third-order valence-electron chi connectivity index (χ3n) is 2.37. The summed E-state index contributed by atoms with van der Waals surface area (Å²) in [6, 6.07) is 0. The van der Waals surface area contributed by atoms with E-state index in [2.05, 4.69) is 0 Å². The number of rotatable bonds is 7. The summed E-state index contributed by atoms with van der Waals surface area (Å²) in [7, 11) is 1.78. The van der Waals surface area contributed by atoms with E-state index in [1.54, 1.807) is 11.9 Å². The van der Waals surface area contributed by atoms with Gasteiger partial charge < -0.3 is 15.4 Å². The summed E-state index contributed by atoms with van der Waals surface area (Å²) in [5.41, 5.74) is 4.99. The number of amides is 2. The van der Waals surface area contributed by atoms with E-state index in [0.717, 1.165) is 13.0 Å². The highest BCUT2D eigenvalue weighted by Crippen LogP contribution is 2.11. The molecule has 1 aliphatic heterocycles. The van der Waals surface area contributed by atoms with Crippen molar-refractivity contribution < 1.29 is 14.3 Å². The maximum absolute atomic E-state index is 11.5. The molecule has 0 radical (unpaired) electrons. The number of ether oxygens (including phenoxy) is 1. The molecule has 1 aliphatic rings. The molecule has 86 valence electrons. The van der Waals surface area contributed by atoms with Gasteiger partial charge in [0.15, 0.2) is 0 Å². The van der Waals surface area contributed by atoms with Crippen LogP contribution in [-0.2, 0) is 14.3 Å². The Bertz CT molecular complexity index is 239. The summed E-state index contributed by atoms with van der Waals surface area (Å²) in [6.45, 7) is 1.44. The molecule has 1 unspecified atom stereocenters. The van der Waals surface area contributed by atoms with Crippen molar-refractivity contribution in [3.63, 3.8) is 0 Å². The largest absolute Gasteiger partial charge is 0.371 e. The summed E-state index contributed by atoms with van der Waals surface area (Å²) < 4.78 is 5.03. The summed E-state index contributed by atoms with van der Waals surface area (Å²) in [4.78, 5) is 23.6. The van der Waals surface area contributed by atoms with Crippen molar-refractivity contribution in [1.29, 1.82) is 0 Å². The molecular weight excluding hydrogens is 196 g/mol. The maximum Gasteiger partial charge on any atom is 0.222 e. The zero-order valence-corrected chi connectivity index (χ0v) is 9.07. The quantitative estimate of drug-likeness (QED) is 0.474. The molecule has 5 heteroatoms. The number of likely N-dealkylation sites (N-methyl/N-ethyl adjacent to an activating group) is 1. The minimum absolute atomic E-state index is 0.106. The van der Waals surface area contributed by atoms with Gasteiger partial charge in [0.25, 0.3) is 0 Å². The van der Waals surface area contributed by atoms with Crippen LogP contribution in [0.3, 0.4) is 0 Å². The van der Waals surface area contributed by atoms with Crippen LogP contribution >= 0.6 is 0 Å². The lowest BCUT2D eigenvalue weighted by molar-refractivity contribution is -0.130. The minimum atomic E-state index is -0.304. The van der Waals surface area contributed by atoms with Gasteiger partial charge in [-0.1, -0.05) is 0 Å². The molecule has 2 amide bonds. The van der Waals surface area contributed by atoms with Crippen molar-refractivity contribution in [2.45, 2.75) is 31.8 Å². The van der Waals surface area contributed by atoms with Crippen LogP contribution in [-0.4, -0.2) is 43.0 Å². The van der Waals surface area contributed by atoms with E-state index in [9.17, 15) is 9.59 Å². The maximum atomic E-state index is 11.5. The predicted octanol–water partition coefficient (Wildman–Crippen LogP) is -0.111. The Balaban J connectivity index is 2.03. The first-order valence-electron chi connectivity index (χ1n) is 5.23. The van der Waals surface area contributed by atoms with E-state index in [1.165, 1.54) is 0 Å². The lowest BCUT2D eigenvalue weighted by atomic mass is 10.2. The van der Waals surface area contributed by atoms with Crippen LogP contribution in [0, 0.1) is 0 Å². The van der Waals surface area contributed by atoms with Crippen molar-refractivity contribution in [1.82, 2.24) is 4.90 Å². The number of carbonyl (C=O) groups excluding carboxylic acids is 2. The molecule has 0 spiro atoms. The van der Waals surface area contributed by atoms with Crippen molar-refractivity contribution in [2.24, 2.45) is 5.73 Å². The Morgan fingerprint density at radius 2 is 2.00 bits per heavy atom. The van der Waals surface area contributed by atoms with Gasteiger partial charge in [-0.05, 0) is 12.8 Å². The van der Waals surface area contributed by atoms with Gasteiger partial charge >= 0.3 is 0 Å². The number of hydrogen-bond donors (Lipinski definition) is 1. The first-order chi connectivity index (χ1) is 7.09. The standard InChI is InChI=1S/C10H18N2O3/c1-12(6-8-7-15-8)10(14)5-3-2-4-9(11)13/h8H,2-7H2,1H3,(H2,11,13). The van der Waals surface area contributed by atoms with Crippen LogP contribution in [0.1, 0.15) is 25.7 Å². The van der Waals surface area contributed by atoms with Crippen LogP contribution in [0.2, 0.25) is 0 Å². The van der Waals surface area contributed by atoms with E-state index in [-0.39, 0.29) is 17.9 Å². The second-order valence-corrected chi connectivity index (χ2v) is 3.90. The van der Waals surface area contributed by atoms with Gasteiger partial charge in [0.2, 0.25) is 11.8 Å². The fraction of sp³-hybridized carbons (Fsp3) is 0.800. The monoisotopic (exact) mass is 214 g/mol. The molecule has 1 heterocycles. The summed E-state index contributed by atoms with van der Waals surface area (Å²) in [5, 5.41) is 0. The molecule has 0 aromatic carbocycles. The first kappa shape index (κ1) is 12.0. The van der Waals surface area contributed by atoms with E-state index in [1.807, 2.05) is 0 Å². The number of nitrogens with zero attached hydrogens (tertiary/aromatic N) is 1. The summed E-state index contributed by atoms with van der Waals surface area (Å²) in [6.07, 6.45) is 2.50. The molecule has 5 nitrogen and oxygen atoms in total. The Morgan fingerprint density at radius 3 is 2.53 bits per heavy atom. The van der Waals surface area contributed by atoms with Gasteiger partial charge in [-0.2, -0.15) is 0 Å². The van der Waals surface area contributed by atoms with Crippen molar-refractivity contribution >= 4 is 11.8 Å². The molecule has 0 aromatic heterocycles. The van der Waals surface area contributed by atoms with Gasteiger partial charge in [-0.25, -0.2) is 0 Å². The third-order valence-corrected chi connectivity index (χ3v) is 2.37. The molecule has 0 aromatic rings. The van der Waals surface area contributed by atoms with E-state index < -0.39 is 0 Å². The van der Waals surface area contributed by atoms with Gasteiger partial charge in [-0.3, -0.25) is 9.59 Å². The Kier molecular flexibility index (Phi) is 4.55. The van der Waals surface area contributed by atoms with Crippen LogP contribution in [0.25, 0.3) is 0 Å². The molecule has 15 heavy (non-hydrogen) atoms. The SMILES string of the molecule is CN(CC1CO1)C(=O)CCCCC(N)=O. The van der Waals surface area contributed by atoms with Gasteiger partial charge in [0.05, 0.1) is 12.7 Å². The minimum Gasteiger partial charge on any atom is -0.371 e. The molecule has 1 saturated heterocycles. The number of carbonyl (C=O) groups is 2. The zero-order valence-electron chi connectivity index (χ0n) is 9.07. The molecule has 1 fully saturated rings. The fourth-order valence-electron chi connectivity index (χ4n) is 1.35. The Hall–Kier alpha value is -1.10. The molecule has 2 N–H and O–H groups in total. The number of primary amides is 1. The van der Waals surface area contributed by atoms with Crippen LogP contribution in [0.15, 0.2) is 0 Å². The van der Waals surface area contributed by atoms with Crippen molar-refractivity contribution in [3.8, 4) is 0 Å². The van der Waals surface area contributed by atoms with Crippen LogP contribution in [0.5, 0.6) is 0 Å². The highest BCUT2D eigenvalue weighted by atomic mass is 16.6. The average molecular weight is 214 g/mol. The third kappa shape index (κ3) is 5.37. The molecule has 1 rings (SSSR count). The molecule has 0 bridgehead atoms. The molecule has 0 aliphatic carbocycles. The highest BCUT2D eigenvalue weighted by Gasteiger charge is 2.25. The first-order valence-corrected chi connectivity index (χ1v) is 5.23. The van der Waals surface area contributed by atoms with Crippen molar-refractivity contribution in [2.75, 3.05) is 20.2 Å². The molecule has 0 saturated carbocycles. The van der Waals surface area contributed by atoms with E-state index in [4.69, 9.17) is 10.5 Å². The topological polar surface area (TPSA) is 75.9 Å². The van der Waals surface area contributed by atoms with Crippen molar-refractivity contribution in [3.05, 3.63) is 0 Å². The number of nitrogens with two attached hydrogens (primary N) is 1. The fourth-order valence-corrected chi connectivity index (χ4v) is 1.35. The Morgan fingerprint density at radius 1 is 1.40 bits per heavy atom. The van der Waals surface area contributed by atoms with Crippen LogP contribution in [0.4, 0.5) is 0 Å². The number of epoxide rings is 1. The highest BCUT2D eigenvalue weighted by molar-refractivity contribution is 5.76. The van der Waals surface area contributed by atoms with E-state index >= 15 is 0 Å². The predicted molar refractivity (Wildman–Crippen MR) is 55.0 cm³/mol. The second-order valence-electron chi connectivity index (χ2n) is 3.90. The Labute approximate surface area is 89.6 Å². The van der Waals surface area contributed by atoms with Gasteiger partial charge in [0, 0.05) is 26.4 Å². The summed E-state index contributed by atoms with van der Waals surface area (Å²) in [5.74, 6) is -0.197. The number of hydrogen-bond acceptors (Lipinski definition) is 3. The van der Waals surface area contributed by atoms with Crippen LogP contribution < -0.4 is 5.73 Å². The number of unbranched alkanes of at least 4 members (excludes halogenated alkanes) is 1. The average Bonchev–Trinajstić information content (AvgIpc) is 2.95. The zero-order chi connectivity index (χ0) is 11.3. The summed E-state index contributed by atoms with van der Waals surface area (Å²) >= 11 is 0. The lowest BCUT2D eigenvalue weighted by Crippen LogP contribution is -2.30. The smallest absolute Gasteiger partial charge is 0.222 e.